The number of hydrogen-bond acceptors (Lipinski definition) is 2. The van der Waals surface area contributed by atoms with Gasteiger partial charge in [0, 0.05) is 12.6 Å². The first kappa shape index (κ1) is 13.4. The minimum atomic E-state index is 0.116. The number of hydrogen-bond donors (Lipinski definition) is 1. The van der Waals surface area contributed by atoms with Crippen molar-refractivity contribution in [1.82, 2.24) is 9.55 Å². The fourth-order valence-corrected chi connectivity index (χ4v) is 3.04. The molecule has 1 unspecified atom stereocenters. The van der Waals surface area contributed by atoms with E-state index in [9.17, 15) is 0 Å². The van der Waals surface area contributed by atoms with Crippen LogP contribution in [0.2, 0.25) is 0 Å². The van der Waals surface area contributed by atoms with Crippen LogP contribution in [0.5, 0.6) is 0 Å². The zero-order valence-electron chi connectivity index (χ0n) is 12.0. The van der Waals surface area contributed by atoms with Crippen molar-refractivity contribution in [1.29, 1.82) is 0 Å². The van der Waals surface area contributed by atoms with E-state index in [0.717, 1.165) is 18.5 Å². The summed E-state index contributed by atoms with van der Waals surface area (Å²) < 4.78 is 2.18. The van der Waals surface area contributed by atoms with Gasteiger partial charge in [0.2, 0.25) is 0 Å². The Morgan fingerprint density at radius 1 is 1.15 bits per heavy atom. The maximum Gasteiger partial charge on any atom is 0.0958 e. The van der Waals surface area contributed by atoms with E-state index in [1.165, 1.54) is 43.2 Å². The molecule has 3 nitrogen and oxygen atoms in total. The molecule has 1 heterocycles. The molecule has 0 saturated carbocycles. The minimum Gasteiger partial charge on any atom is -0.329 e. The molecule has 1 atom stereocenters. The molecule has 1 aromatic heterocycles. The molecule has 0 aliphatic heterocycles. The van der Waals surface area contributed by atoms with Crippen LogP contribution >= 0.6 is 0 Å². The third-order valence-corrected chi connectivity index (χ3v) is 4.22. The number of nitrogens with two attached hydrogens (primary N) is 1. The predicted molar refractivity (Wildman–Crippen MR) is 83.5 cm³/mol. The molecule has 0 saturated heterocycles. The van der Waals surface area contributed by atoms with Crippen LogP contribution in [0.15, 0.2) is 42.2 Å². The summed E-state index contributed by atoms with van der Waals surface area (Å²) >= 11 is 0. The number of aromatic nitrogens is 2. The highest BCUT2D eigenvalue weighted by molar-refractivity contribution is 5.74. The summed E-state index contributed by atoms with van der Waals surface area (Å²) in [6, 6.07) is 8.36. The van der Waals surface area contributed by atoms with Crippen LogP contribution in [0, 0.1) is 0 Å². The van der Waals surface area contributed by atoms with Gasteiger partial charge in [0.15, 0.2) is 0 Å². The van der Waals surface area contributed by atoms with Gasteiger partial charge in [-0.15, -0.1) is 0 Å². The Morgan fingerprint density at radius 2 is 2.00 bits per heavy atom. The van der Waals surface area contributed by atoms with E-state index in [-0.39, 0.29) is 6.04 Å². The monoisotopic (exact) mass is 269 g/mol. The standard InChI is InChI=1S/C17H23N3/c18-15(14-8-4-2-1-3-5-9-14)12-20-13-19-16-10-6-7-11-17(16)20/h6-8,10-11,13,15H,1-5,9,12,18H2/b14-8+. The van der Waals surface area contributed by atoms with E-state index in [2.05, 4.69) is 27.8 Å². The molecule has 0 amide bonds. The summed E-state index contributed by atoms with van der Waals surface area (Å²) in [5.74, 6) is 0. The lowest BCUT2D eigenvalue weighted by Crippen LogP contribution is -2.28. The highest BCUT2D eigenvalue weighted by Crippen LogP contribution is 2.20. The molecule has 0 bridgehead atoms. The van der Waals surface area contributed by atoms with Crippen LogP contribution in [0.25, 0.3) is 11.0 Å². The van der Waals surface area contributed by atoms with Crippen LogP contribution in [0.4, 0.5) is 0 Å². The van der Waals surface area contributed by atoms with Crippen molar-refractivity contribution in [3.05, 3.63) is 42.2 Å². The SMILES string of the molecule is NC(Cn1cnc2ccccc21)/C1=C/CCCCCC1. The molecular weight excluding hydrogens is 246 g/mol. The van der Waals surface area contributed by atoms with E-state index in [1.807, 2.05) is 18.5 Å². The summed E-state index contributed by atoms with van der Waals surface area (Å²) in [5.41, 5.74) is 10.1. The molecule has 0 radical (unpaired) electrons. The fraction of sp³-hybridized carbons (Fsp3) is 0.471. The molecule has 106 valence electrons. The highest BCUT2D eigenvalue weighted by Gasteiger charge is 2.12. The van der Waals surface area contributed by atoms with Crippen LogP contribution < -0.4 is 5.73 Å². The first-order valence-electron chi connectivity index (χ1n) is 7.69. The normalized spacial score (nSPS) is 20.9. The molecule has 0 spiro atoms. The number of benzene rings is 1. The number of para-hydroxylation sites is 2. The first-order chi connectivity index (χ1) is 9.84. The van der Waals surface area contributed by atoms with Gasteiger partial charge < -0.3 is 10.3 Å². The molecule has 2 aromatic rings. The second kappa shape index (κ2) is 6.23. The van der Waals surface area contributed by atoms with Crippen molar-refractivity contribution in [2.75, 3.05) is 0 Å². The van der Waals surface area contributed by atoms with Crippen molar-refractivity contribution in [2.45, 2.75) is 51.1 Å². The lowest BCUT2D eigenvalue weighted by molar-refractivity contribution is 0.559. The van der Waals surface area contributed by atoms with Gasteiger partial charge in [-0.2, -0.15) is 0 Å². The Bertz CT molecular complexity index is 597. The van der Waals surface area contributed by atoms with Crippen molar-refractivity contribution in [3.63, 3.8) is 0 Å². The van der Waals surface area contributed by atoms with Gasteiger partial charge in [0.25, 0.3) is 0 Å². The van der Waals surface area contributed by atoms with Crippen LogP contribution in [-0.2, 0) is 6.54 Å². The Hall–Kier alpha value is -1.61. The summed E-state index contributed by atoms with van der Waals surface area (Å²) in [5, 5.41) is 0. The Kier molecular flexibility index (Phi) is 4.16. The predicted octanol–water partition coefficient (Wildman–Crippen LogP) is 3.64. The first-order valence-corrected chi connectivity index (χ1v) is 7.69. The molecule has 1 aliphatic carbocycles. The van der Waals surface area contributed by atoms with E-state index in [4.69, 9.17) is 5.73 Å². The number of fused-ring (bicyclic) bond motifs is 1. The quantitative estimate of drug-likeness (QED) is 0.864. The molecular formula is C17H23N3. The van der Waals surface area contributed by atoms with Crippen molar-refractivity contribution in [2.24, 2.45) is 5.73 Å². The Labute approximate surface area is 120 Å². The van der Waals surface area contributed by atoms with Gasteiger partial charge in [0.05, 0.1) is 17.4 Å². The zero-order valence-corrected chi connectivity index (χ0v) is 12.0. The lowest BCUT2D eigenvalue weighted by atomic mass is 9.95. The second-order valence-corrected chi connectivity index (χ2v) is 5.72. The highest BCUT2D eigenvalue weighted by atomic mass is 15.1. The van der Waals surface area contributed by atoms with Gasteiger partial charge in [-0.05, 0) is 37.8 Å². The summed E-state index contributed by atoms with van der Waals surface area (Å²) in [6.45, 7) is 0.826. The van der Waals surface area contributed by atoms with E-state index in [0.29, 0.717) is 0 Å². The Morgan fingerprint density at radius 3 is 2.95 bits per heavy atom. The van der Waals surface area contributed by atoms with Gasteiger partial charge in [0.1, 0.15) is 0 Å². The largest absolute Gasteiger partial charge is 0.329 e. The molecule has 20 heavy (non-hydrogen) atoms. The molecule has 2 N–H and O–H groups in total. The van der Waals surface area contributed by atoms with Gasteiger partial charge in [-0.25, -0.2) is 4.98 Å². The Balaban J connectivity index is 1.76. The van der Waals surface area contributed by atoms with Gasteiger partial charge in [-0.3, -0.25) is 0 Å². The molecule has 0 fully saturated rings. The zero-order chi connectivity index (χ0) is 13.8. The lowest BCUT2D eigenvalue weighted by Gasteiger charge is -2.19. The third kappa shape index (κ3) is 2.93. The maximum absolute atomic E-state index is 6.43. The van der Waals surface area contributed by atoms with Crippen LogP contribution in [0.1, 0.15) is 38.5 Å². The topological polar surface area (TPSA) is 43.8 Å². The van der Waals surface area contributed by atoms with Crippen molar-refractivity contribution in [3.8, 4) is 0 Å². The molecule has 3 heteroatoms. The van der Waals surface area contributed by atoms with Crippen LogP contribution in [0.3, 0.4) is 0 Å². The minimum absolute atomic E-state index is 0.116. The average Bonchev–Trinajstić information content (AvgIpc) is 2.82. The number of nitrogens with zero attached hydrogens (tertiary/aromatic N) is 2. The third-order valence-electron chi connectivity index (χ3n) is 4.22. The van der Waals surface area contributed by atoms with E-state index < -0.39 is 0 Å². The van der Waals surface area contributed by atoms with Crippen molar-refractivity contribution < 1.29 is 0 Å². The number of rotatable bonds is 3. The molecule has 3 rings (SSSR count). The summed E-state index contributed by atoms with van der Waals surface area (Å²) in [6.07, 6.45) is 11.9. The average molecular weight is 269 g/mol. The van der Waals surface area contributed by atoms with Crippen molar-refractivity contribution >= 4 is 11.0 Å². The fourth-order valence-electron chi connectivity index (χ4n) is 3.04. The number of imidazole rings is 1. The van der Waals surface area contributed by atoms with Crippen LogP contribution in [-0.4, -0.2) is 15.6 Å². The molecule has 1 aromatic carbocycles. The van der Waals surface area contributed by atoms with Gasteiger partial charge >= 0.3 is 0 Å². The van der Waals surface area contributed by atoms with Gasteiger partial charge in [-0.1, -0.05) is 36.6 Å². The second-order valence-electron chi connectivity index (χ2n) is 5.72. The molecule has 1 aliphatic rings. The maximum atomic E-state index is 6.43. The number of allylic oxidation sites excluding steroid dienone is 1. The smallest absolute Gasteiger partial charge is 0.0958 e. The van der Waals surface area contributed by atoms with E-state index >= 15 is 0 Å². The summed E-state index contributed by atoms with van der Waals surface area (Å²) in [7, 11) is 0. The summed E-state index contributed by atoms with van der Waals surface area (Å²) in [4.78, 5) is 4.44. The van der Waals surface area contributed by atoms with E-state index in [1.54, 1.807) is 0 Å².